The van der Waals surface area contributed by atoms with Gasteiger partial charge < -0.3 is 0 Å². The van der Waals surface area contributed by atoms with E-state index in [1.165, 1.54) is 12.1 Å². The van der Waals surface area contributed by atoms with Crippen LogP contribution < -0.4 is 4.72 Å². The van der Waals surface area contributed by atoms with Crippen LogP contribution in [0.25, 0.3) is 0 Å². The minimum atomic E-state index is -3.67. The fourth-order valence-corrected chi connectivity index (χ4v) is 1.92. The van der Waals surface area contributed by atoms with E-state index in [0.717, 1.165) is 5.56 Å². The largest absolute Gasteiger partial charge is 0.278 e. The third-order valence-electron chi connectivity index (χ3n) is 2.06. The second-order valence-electron chi connectivity index (χ2n) is 3.46. The van der Waals surface area contributed by atoms with E-state index in [2.05, 4.69) is 0 Å². The fourth-order valence-electron chi connectivity index (χ4n) is 1.16. The lowest BCUT2D eigenvalue weighted by molar-refractivity contribution is -0.108. The first-order valence-electron chi connectivity index (χ1n) is 4.53. The Labute approximate surface area is 89.4 Å². The molecule has 15 heavy (non-hydrogen) atoms. The van der Waals surface area contributed by atoms with Gasteiger partial charge in [-0.3, -0.25) is 9.52 Å². The highest BCUT2D eigenvalue weighted by molar-refractivity contribution is 7.90. The second kappa shape index (κ2) is 4.44. The Morgan fingerprint density at radius 3 is 2.13 bits per heavy atom. The molecule has 0 radical (unpaired) electrons. The van der Waals surface area contributed by atoms with Crippen molar-refractivity contribution in [2.24, 2.45) is 0 Å². The number of hydrogen-bond acceptors (Lipinski definition) is 3. The number of nitrogens with one attached hydrogen (secondary N) is 1. The molecule has 0 bridgehead atoms. The van der Waals surface area contributed by atoms with E-state index in [0.29, 0.717) is 5.92 Å². The van der Waals surface area contributed by atoms with E-state index in [-0.39, 0.29) is 11.3 Å². The smallest absolute Gasteiger partial charge is 0.263 e. The number of benzene rings is 1. The van der Waals surface area contributed by atoms with E-state index >= 15 is 0 Å². The molecule has 0 fully saturated rings. The Morgan fingerprint density at radius 2 is 1.73 bits per heavy atom. The van der Waals surface area contributed by atoms with Crippen LogP contribution in [0, 0.1) is 0 Å². The van der Waals surface area contributed by atoms with Crippen molar-refractivity contribution < 1.29 is 13.2 Å². The maximum absolute atomic E-state index is 11.4. The molecule has 0 heterocycles. The van der Waals surface area contributed by atoms with Crippen LogP contribution in [0.3, 0.4) is 0 Å². The monoisotopic (exact) mass is 227 g/mol. The first-order valence-corrected chi connectivity index (χ1v) is 6.01. The molecule has 0 saturated heterocycles. The highest BCUT2D eigenvalue weighted by Crippen LogP contribution is 2.16. The lowest BCUT2D eigenvalue weighted by atomic mass is 10.0. The zero-order chi connectivity index (χ0) is 11.5. The molecular formula is C10H13NO3S. The summed E-state index contributed by atoms with van der Waals surface area (Å²) in [5, 5.41) is 0. The summed E-state index contributed by atoms with van der Waals surface area (Å²) < 4.78 is 24.5. The summed E-state index contributed by atoms with van der Waals surface area (Å²) in [6.45, 7) is 4.04. The number of sulfonamides is 1. The molecular weight excluding hydrogens is 214 g/mol. The summed E-state index contributed by atoms with van der Waals surface area (Å²) in [4.78, 5) is 10.2. The Morgan fingerprint density at radius 1 is 1.20 bits per heavy atom. The summed E-state index contributed by atoms with van der Waals surface area (Å²) in [7, 11) is -3.67. The summed E-state index contributed by atoms with van der Waals surface area (Å²) in [5.41, 5.74) is 1.06. The van der Waals surface area contributed by atoms with Gasteiger partial charge in [-0.05, 0) is 23.6 Å². The van der Waals surface area contributed by atoms with Gasteiger partial charge in [0.2, 0.25) is 6.41 Å². The van der Waals surface area contributed by atoms with Crippen LogP contribution in [0.4, 0.5) is 0 Å². The van der Waals surface area contributed by atoms with Gasteiger partial charge in [-0.1, -0.05) is 26.0 Å². The van der Waals surface area contributed by atoms with Gasteiger partial charge in [0.25, 0.3) is 10.0 Å². The Balaban J connectivity index is 3.04. The summed E-state index contributed by atoms with van der Waals surface area (Å²) in [5.74, 6) is 0.348. The molecule has 0 aliphatic heterocycles. The topological polar surface area (TPSA) is 63.2 Å². The molecule has 0 aliphatic rings. The highest BCUT2D eigenvalue weighted by Gasteiger charge is 2.12. The van der Waals surface area contributed by atoms with Crippen molar-refractivity contribution in [2.75, 3.05) is 0 Å². The van der Waals surface area contributed by atoms with Crippen molar-refractivity contribution in [3.63, 3.8) is 0 Å². The molecule has 1 rings (SSSR count). The molecule has 1 amide bonds. The van der Waals surface area contributed by atoms with E-state index in [4.69, 9.17) is 0 Å². The minimum Gasteiger partial charge on any atom is -0.278 e. The van der Waals surface area contributed by atoms with Crippen LogP contribution in [0.5, 0.6) is 0 Å². The molecule has 0 aliphatic carbocycles. The van der Waals surface area contributed by atoms with E-state index < -0.39 is 10.0 Å². The number of amides is 1. The summed E-state index contributed by atoms with van der Waals surface area (Å²) in [6, 6.07) is 6.45. The maximum Gasteiger partial charge on any atom is 0.263 e. The van der Waals surface area contributed by atoms with Gasteiger partial charge in [-0.25, -0.2) is 8.42 Å². The molecule has 0 saturated carbocycles. The predicted molar refractivity (Wildman–Crippen MR) is 56.9 cm³/mol. The van der Waals surface area contributed by atoms with Crippen LogP contribution in [0.2, 0.25) is 0 Å². The van der Waals surface area contributed by atoms with Gasteiger partial charge in [0.05, 0.1) is 4.90 Å². The van der Waals surface area contributed by atoms with Gasteiger partial charge >= 0.3 is 0 Å². The average molecular weight is 227 g/mol. The van der Waals surface area contributed by atoms with Crippen molar-refractivity contribution in [2.45, 2.75) is 24.7 Å². The van der Waals surface area contributed by atoms with Crippen LogP contribution in [-0.2, 0) is 14.8 Å². The molecule has 0 aromatic heterocycles. The lowest BCUT2D eigenvalue weighted by Crippen LogP contribution is -2.21. The summed E-state index contributed by atoms with van der Waals surface area (Å²) in [6.07, 6.45) is 0.158. The van der Waals surface area contributed by atoms with Crippen LogP contribution in [0.15, 0.2) is 29.2 Å². The molecule has 1 N–H and O–H groups in total. The molecule has 82 valence electrons. The minimum absolute atomic E-state index is 0.0963. The standard InChI is InChI=1S/C10H13NO3S/c1-8(2)9-3-5-10(6-4-9)15(13,14)11-7-12/h3-8H,1-2H3,(H,11,12). The van der Waals surface area contributed by atoms with Crippen LogP contribution in [0.1, 0.15) is 25.3 Å². The number of carbonyl (C=O) groups is 1. The number of hydrogen-bond donors (Lipinski definition) is 1. The first kappa shape index (κ1) is 11.7. The SMILES string of the molecule is CC(C)c1ccc(S(=O)(=O)NC=O)cc1. The van der Waals surface area contributed by atoms with Crippen molar-refractivity contribution >= 4 is 16.4 Å². The molecule has 0 spiro atoms. The fraction of sp³-hybridized carbons (Fsp3) is 0.300. The zero-order valence-corrected chi connectivity index (χ0v) is 9.41. The molecule has 0 atom stereocenters. The van der Waals surface area contributed by atoms with Gasteiger partial charge in [0, 0.05) is 0 Å². The van der Waals surface area contributed by atoms with Gasteiger partial charge in [0.1, 0.15) is 0 Å². The number of carbonyl (C=O) groups excluding carboxylic acids is 1. The van der Waals surface area contributed by atoms with Gasteiger partial charge in [-0.2, -0.15) is 0 Å². The van der Waals surface area contributed by atoms with Gasteiger partial charge in [0.15, 0.2) is 0 Å². The van der Waals surface area contributed by atoms with Crippen molar-refractivity contribution in [1.82, 2.24) is 4.72 Å². The third kappa shape index (κ3) is 2.79. The molecule has 0 unspecified atom stereocenters. The first-order chi connectivity index (χ1) is 6.97. The van der Waals surface area contributed by atoms with Crippen molar-refractivity contribution in [3.8, 4) is 0 Å². The third-order valence-corrected chi connectivity index (χ3v) is 3.36. The van der Waals surface area contributed by atoms with Crippen molar-refractivity contribution in [1.29, 1.82) is 0 Å². The summed E-state index contributed by atoms with van der Waals surface area (Å²) >= 11 is 0. The van der Waals surface area contributed by atoms with Gasteiger partial charge in [-0.15, -0.1) is 0 Å². The quantitative estimate of drug-likeness (QED) is 0.787. The molecule has 4 nitrogen and oxygen atoms in total. The Kier molecular flexibility index (Phi) is 3.47. The average Bonchev–Trinajstić information content (AvgIpc) is 2.18. The Hall–Kier alpha value is -1.36. The molecule has 1 aromatic rings. The van der Waals surface area contributed by atoms with E-state index in [1.54, 1.807) is 16.9 Å². The normalized spacial score (nSPS) is 11.4. The second-order valence-corrected chi connectivity index (χ2v) is 5.18. The van der Waals surface area contributed by atoms with Crippen LogP contribution >= 0.6 is 0 Å². The number of rotatable bonds is 4. The Bertz CT molecular complexity index is 434. The zero-order valence-electron chi connectivity index (χ0n) is 8.60. The molecule has 1 aromatic carbocycles. The van der Waals surface area contributed by atoms with E-state index in [9.17, 15) is 13.2 Å². The lowest BCUT2D eigenvalue weighted by Gasteiger charge is -2.06. The van der Waals surface area contributed by atoms with E-state index in [1.807, 2.05) is 13.8 Å². The predicted octanol–water partition coefficient (Wildman–Crippen LogP) is 1.24. The van der Waals surface area contributed by atoms with Crippen molar-refractivity contribution in [3.05, 3.63) is 29.8 Å². The maximum atomic E-state index is 11.4. The van der Waals surface area contributed by atoms with Crippen LogP contribution in [-0.4, -0.2) is 14.8 Å². The highest BCUT2D eigenvalue weighted by atomic mass is 32.2. The molecule has 5 heteroatoms.